The average Bonchev–Trinajstić information content (AvgIpc) is 2.47. The molecule has 0 saturated heterocycles. The third kappa shape index (κ3) is 3.38. The number of carbonyl (C=O) groups is 1. The van der Waals surface area contributed by atoms with Crippen molar-refractivity contribution >= 4 is 23.2 Å². The Bertz CT molecular complexity index is 584. The van der Waals surface area contributed by atoms with Crippen LogP contribution in [0.1, 0.15) is 29.5 Å². The second-order valence-corrected chi connectivity index (χ2v) is 4.96. The van der Waals surface area contributed by atoms with Crippen molar-refractivity contribution in [1.29, 1.82) is 0 Å². The topological polar surface area (TPSA) is 49.3 Å². The number of anilines is 1. The molecule has 0 aliphatic rings. The maximum atomic E-state index is 12.2. The molecule has 2 rings (SSSR count). The molecular formula is C16H16ClNO2. The highest BCUT2D eigenvalue weighted by Gasteiger charge is 2.19. The SMILES string of the molecule is CC(O)c1ccccc1NC(=O)C(Cl)c1ccccc1. The molecule has 4 heteroatoms. The van der Waals surface area contributed by atoms with E-state index in [9.17, 15) is 9.90 Å². The normalized spacial score (nSPS) is 13.6. The van der Waals surface area contributed by atoms with E-state index in [2.05, 4.69) is 5.32 Å². The summed E-state index contributed by atoms with van der Waals surface area (Å²) in [5.74, 6) is -0.314. The quantitative estimate of drug-likeness (QED) is 0.844. The van der Waals surface area contributed by atoms with Crippen molar-refractivity contribution in [1.82, 2.24) is 0 Å². The molecule has 0 fully saturated rings. The fourth-order valence-electron chi connectivity index (χ4n) is 1.94. The van der Waals surface area contributed by atoms with Gasteiger partial charge < -0.3 is 10.4 Å². The number of alkyl halides is 1. The van der Waals surface area contributed by atoms with Crippen LogP contribution in [-0.4, -0.2) is 11.0 Å². The van der Waals surface area contributed by atoms with Crippen molar-refractivity contribution in [3.63, 3.8) is 0 Å². The van der Waals surface area contributed by atoms with Crippen LogP contribution in [0.25, 0.3) is 0 Å². The van der Waals surface area contributed by atoms with E-state index >= 15 is 0 Å². The van der Waals surface area contributed by atoms with Gasteiger partial charge >= 0.3 is 0 Å². The first kappa shape index (κ1) is 14.6. The number of halogens is 1. The van der Waals surface area contributed by atoms with Gasteiger partial charge in [0.15, 0.2) is 0 Å². The van der Waals surface area contributed by atoms with Gasteiger partial charge in [-0.2, -0.15) is 0 Å². The fourth-order valence-corrected chi connectivity index (χ4v) is 2.14. The predicted molar refractivity (Wildman–Crippen MR) is 80.7 cm³/mol. The van der Waals surface area contributed by atoms with Crippen molar-refractivity contribution in [2.24, 2.45) is 0 Å². The molecule has 2 aromatic carbocycles. The number of aliphatic hydroxyl groups is 1. The van der Waals surface area contributed by atoms with E-state index in [-0.39, 0.29) is 5.91 Å². The van der Waals surface area contributed by atoms with Crippen LogP contribution in [0.4, 0.5) is 5.69 Å². The maximum absolute atomic E-state index is 12.2. The number of hydrogen-bond acceptors (Lipinski definition) is 2. The Morgan fingerprint density at radius 3 is 2.35 bits per heavy atom. The maximum Gasteiger partial charge on any atom is 0.246 e. The summed E-state index contributed by atoms with van der Waals surface area (Å²) in [5.41, 5.74) is 1.98. The van der Waals surface area contributed by atoms with E-state index < -0.39 is 11.5 Å². The zero-order valence-corrected chi connectivity index (χ0v) is 11.8. The van der Waals surface area contributed by atoms with Gasteiger partial charge in [-0.05, 0) is 18.6 Å². The van der Waals surface area contributed by atoms with Crippen molar-refractivity contribution in [2.45, 2.75) is 18.4 Å². The fraction of sp³-hybridized carbons (Fsp3) is 0.188. The van der Waals surface area contributed by atoms with Gasteiger partial charge in [-0.1, -0.05) is 48.5 Å². The molecule has 0 aliphatic heterocycles. The summed E-state index contributed by atoms with van der Waals surface area (Å²) >= 11 is 6.16. The van der Waals surface area contributed by atoms with Crippen molar-refractivity contribution in [3.8, 4) is 0 Å². The summed E-state index contributed by atoms with van der Waals surface area (Å²) in [7, 11) is 0. The molecular weight excluding hydrogens is 274 g/mol. The minimum absolute atomic E-state index is 0.314. The number of rotatable bonds is 4. The molecule has 0 radical (unpaired) electrons. The van der Waals surface area contributed by atoms with Gasteiger partial charge in [0.05, 0.1) is 6.10 Å². The van der Waals surface area contributed by atoms with E-state index in [1.807, 2.05) is 24.3 Å². The number of hydrogen-bond donors (Lipinski definition) is 2. The first-order chi connectivity index (χ1) is 9.59. The number of aliphatic hydroxyl groups excluding tert-OH is 1. The summed E-state index contributed by atoms with van der Waals surface area (Å²) in [6.45, 7) is 1.65. The average molecular weight is 290 g/mol. The van der Waals surface area contributed by atoms with Crippen LogP contribution in [0, 0.1) is 0 Å². The molecule has 0 heterocycles. The molecule has 104 valence electrons. The van der Waals surface area contributed by atoms with Gasteiger partial charge in [-0.3, -0.25) is 4.79 Å². The summed E-state index contributed by atoms with van der Waals surface area (Å²) in [5, 5.41) is 11.7. The smallest absolute Gasteiger partial charge is 0.246 e. The molecule has 2 aromatic rings. The van der Waals surface area contributed by atoms with Crippen LogP contribution in [-0.2, 0) is 4.79 Å². The summed E-state index contributed by atoms with van der Waals surface area (Å²) in [6.07, 6.45) is -0.656. The highest BCUT2D eigenvalue weighted by atomic mass is 35.5. The lowest BCUT2D eigenvalue weighted by Gasteiger charge is -2.15. The number of carbonyl (C=O) groups excluding carboxylic acids is 1. The molecule has 2 unspecified atom stereocenters. The van der Waals surface area contributed by atoms with E-state index in [1.165, 1.54) is 0 Å². The lowest BCUT2D eigenvalue weighted by Crippen LogP contribution is -2.18. The number of nitrogens with one attached hydrogen (secondary N) is 1. The van der Waals surface area contributed by atoms with E-state index in [1.54, 1.807) is 37.3 Å². The molecule has 0 aromatic heterocycles. The van der Waals surface area contributed by atoms with Gasteiger partial charge in [0.25, 0.3) is 0 Å². The summed E-state index contributed by atoms with van der Waals surface area (Å²) in [4.78, 5) is 12.2. The Morgan fingerprint density at radius 2 is 1.70 bits per heavy atom. The van der Waals surface area contributed by atoms with Crippen LogP contribution < -0.4 is 5.32 Å². The van der Waals surface area contributed by atoms with Crippen LogP contribution in [0.15, 0.2) is 54.6 Å². The zero-order chi connectivity index (χ0) is 14.5. The monoisotopic (exact) mass is 289 g/mol. The minimum Gasteiger partial charge on any atom is -0.389 e. The van der Waals surface area contributed by atoms with Crippen LogP contribution >= 0.6 is 11.6 Å². The lowest BCUT2D eigenvalue weighted by atomic mass is 10.1. The van der Waals surface area contributed by atoms with Crippen molar-refractivity contribution in [3.05, 3.63) is 65.7 Å². The Labute approximate surface area is 123 Å². The second-order valence-electron chi connectivity index (χ2n) is 4.53. The molecule has 0 saturated carbocycles. The minimum atomic E-state index is -0.766. The highest BCUT2D eigenvalue weighted by molar-refractivity contribution is 6.32. The first-order valence-electron chi connectivity index (χ1n) is 6.36. The van der Waals surface area contributed by atoms with Crippen molar-refractivity contribution in [2.75, 3.05) is 5.32 Å². The summed E-state index contributed by atoms with van der Waals surface area (Å²) < 4.78 is 0. The van der Waals surface area contributed by atoms with Crippen molar-refractivity contribution < 1.29 is 9.90 Å². The van der Waals surface area contributed by atoms with Crippen LogP contribution in [0.3, 0.4) is 0 Å². The molecule has 3 nitrogen and oxygen atoms in total. The highest BCUT2D eigenvalue weighted by Crippen LogP contribution is 2.26. The third-order valence-electron chi connectivity index (χ3n) is 2.99. The largest absolute Gasteiger partial charge is 0.389 e. The Kier molecular flexibility index (Phi) is 4.77. The zero-order valence-electron chi connectivity index (χ0n) is 11.1. The Hall–Kier alpha value is -1.84. The molecule has 20 heavy (non-hydrogen) atoms. The summed E-state index contributed by atoms with van der Waals surface area (Å²) in [6, 6.07) is 16.3. The molecule has 0 bridgehead atoms. The molecule has 2 atom stereocenters. The van der Waals surface area contributed by atoms with E-state index in [4.69, 9.17) is 11.6 Å². The van der Waals surface area contributed by atoms with Gasteiger partial charge in [-0.25, -0.2) is 0 Å². The third-order valence-corrected chi connectivity index (χ3v) is 3.44. The second kappa shape index (κ2) is 6.55. The predicted octanol–water partition coefficient (Wildman–Crippen LogP) is 3.66. The van der Waals surface area contributed by atoms with Gasteiger partial charge in [0.2, 0.25) is 5.91 Å². The Morgan fingerprint density at radius 1 is 1.10 bits per heavy atom. The van der Waals surface area contributed by atoms with Crippen LogP contribution in [0.5, 0.6) is 0 Å². The first-order valence-corrected chi connectivity index (χ1v) is 6.80. The standard InChI is InChI=1S/C16H16ClNO2/c1-11(19)13-9-5-6-10-14(13)18-16(20)15(17)12-7-3-2-4-8-12/h2-11,15,19H,1H3,(H,18,20). The Balaban J connectivity index is 2.16. The van der Waals surface area contributed by atoms with E-state index in [0.717, 1.165) is 5.56 Å². The molecule has 0 spiro atoms. The lowest BCUT2D eigenvalue weighted by molar-refractivity contribution is -0.116. The molecule has 0 aliphatic carbocycles. The van der Waals surface area contributed by atoms with E-state index in [0.29, 0.717) is 11.3 Å². The number of benzene rings is 2. The molecule has 2 N–H and O–H groups in total. The van der Waals surface area contributed by atoms with Gasteiger partial charge in [0, 0.05) is 11.3 Å². The number of para-hydroxylation sites is 1. The molecule has 1 amide bonds. The van der Waals surface area contributed by atoms with Crippen LogP contribution in [0.2, 0.25) is 0 Å². The van der Waals surface area contributed by atoms with Gasteiger partial charge in [-0.15, -0.1) is 11.6 Å². The number of amides is 1. The van der Waals surface area contributed by atoms with Gasteiger partial charge in [0.1, 0.15) is 5.38 Å².